The highest BCUT2D eigenvalue weighted by molar-refractivity contribution is 6.30. The number of benzene rings is 9. The average Bonchev–Trinajstić information content (AvgIpc) is 1.55. The predicted molar refractivity (Wildman–Crippen MR) is 373 cm³/mol. The van der Waals surface area contributed by atoms with Gasteiger partial charge in [0.15, 0.2) is 5.58 Å². The van der Waals surface area contributed by atoms with E-state index in [1.54, 1.807) is 0 Å². The number of para-hydroxylation sites is 4. The van der Waals surface area contributed by atoms with E-state index in [0.717, 1.165) is 158 Å². The summed E-state index contributed by atoms with van der Waals surface area (Å²) >= 11 is 0. The van der Waals surface area contributed by atoms with E-state index in [4.69, 9.17) is 9.15 Å². The monoisotopic (exact) mass is 1140 g/mol. The van der Waals surface area contributed by atoms with Crippen LogP contribution in [0.5, 0.6) is 5.75 Å². The van der Waals surface area contributed by atoms with Crippen LogP contribution < -0.4 is 14.5 Å². The molecule has 88 heavy (non-hydrogen) atoms. The topological polar surface area (TPSA) is 49.0 Å². The zero-order valence-corrected chi connectivity index (χ0v) is 49.9. The Labute approximate surface area is 511 Å². The molecule has 1 unspecified atom stereocenters. The minimum absolute atomic E-state index is 0.473. The summed E-state index contributed by atoms with van der Waals surface area (Å²) < 4.78 is 17.3. The Morgan fingerprint density at radius 1 is 0.670 bits per heavy atom. The van der Waals surface area contributed by atoms with E-state index in [0.29, 0.717) is 11.8 Å². The van der Waals surface area contributed by atoms with Gasteiger partial charge in [-0.05, 0) is 122 Å². The molecule has 4 aromatic heterocycles. The first-order valence-electron chi connectivity index (χ1n) is 30.7. The Balaban J connectivity index is 0.914. The predicted octanol–water partition coefficient (Wildman–Crippen LogP) is 22.9. The fourth-order valence-electron chi connectivity index (χ4n) is 14.1. The minimum atomic E-state index is 0.473. The molecule has 16 rings (SSSR count). The fraction of sp³-hybridized carbons (Fsp3) is 0.0976. The molecule has 1 N–H and O–H groups in total. The summed E-state index contributed by atoms with van der Waals surface area (Å²) in [5, 5.41) is 9.28. The molecule has 5 heterocycles. The molecule has 0 radical (unpaired) electrons. The maximum atomic E-state index is 7.53. The molecule has 9 aromatic carbocycles. The maximum absolute atomic E-state index is 7.53. The van der Waals surface area contributed by atoms with Crippen molar-refractivity contribution in [3.05, 3.63) is 295 Å². The van der Waals surface area contributed by atoms with Crippen molar-refractivity contribution in [1.82, 2.24) is 9.38 Å². The standard InChI is InChI=1S/C82H64N4O2/c1-7-8-12-23-52(4)74-71(85(58-28-17-11-18-29-58)82-54(6)39-38-51(3)59-31-21-32-61(79(59)88-82)56-41-36-50(2)37-42-56)46-44-62-67-49-73-68(48-69(67)83-76(62)74)63-45-47-72(75-66-30-19-20-35-70(66)86(73)78(63)75)84(57-26-15-10-16-27-57)77-53(5)40-43-65-64-34-22-33-60(80(64)87-81(65)77)55-24-13-9-14-25-55/h7-15,17-26,28-36,38-50,83H,1,3,16,27,37H2,2,4-6H3/b12-8-,39-38-,52-23+,82-54-. The van der Waals surface area contributed by atoms with Crippen LogP contribution in [0.25, 0.3) is 110 Å². The summed E-state index contributed by atoms with van der Waals surface area (Å²) in [5.41, 5.74) is 23.3. The summed E-state index contributed by atoms with van der Waals surface area (Å²) in [4.78, 5) is 8.91. The Hall–Kier alpha value is -10.8. The van der Waals surface area contributed by atoms with E-state index in [2.05, 4.69) is 291 Å². The van der Waals surface area contributed by atoms with Gasteiger partial charge in [0, 0.05) is 87.8 Å². The van der Waals surface area contributed by atoms with Gasteiger partial charge in [-0.25, -0.2) is 0 Å². The number of fused-ring (bicyclic) bond motifs is 13. The SMILES string of the molecule is C=C/C=C\C=C(/C)c1c(N(/C2=C(C)/C=C\C(=C)c3cccc(C4=CCC(C)C=C4)c3O2)c2ccccc2)ccc2c1[nH]c1cc3c4ccc(N(C5=CC=CCC5)c5c(C)ccc6c5oc5c(-c7ccccc7)cccc56)c5c6ccccc6n(c3cc12)c45. The second kappa shape index (κ2) is 21.0. The Bertz CT molecular complexity index is 5350. The molecule has 424 valence electrons. The smallest absolute Gasteiger partial charge is 0.208 e. The van der Waals surface area contributed by atoms with Gasteiger partial charge in [0.2, 0.25) is 5.88 Å². The van der Waals surface area contributed by atoms with Gasteiger partial charge in [-0.1, -0.05) is 214 Å². The number of aromatic amines is 1. The van der Waals surface area contributed by atoms with Crippen LogP contribution in [0.3, 0.4) is 0 Å². The van der Waals surface area contributed by atoms with Gasteiger partial charge < -0.3 is 23.4 Å². The lowest BCUT2D eigenvalue weighted by Gasteiger charge is -2.32. The molecule has 6 heteroatoms. The van der Waals surface area contributed by atoms with Crippen molar-refractivity contribution < 1.29 is 9.15 Å². The van der Waals surface area contributed by atoms with E-state index < -0.39 is 0 Å². The molecule has 0 saturated heterocycles. The van der Waals surface area contributed by atoms with Gasteiger partial charge in [-0.2, -0.15) is 0 Å². The number of nitrogens with one attached hydrogen (secondary N) is 1. The number of furan rings is 1. The second-order valence-corrected chi connectivity index (χ2v) is 23.9. The molecule has 1 atom stereocenters. The van der Waals surface area contributed by atoms with Crippen molar-refractivity contribution >= 4 is 121 Å². The zero-order valence-electron chi connectivity index (χ0n) is 49.9. The molecule has 0 saturated carbocycles. The number of hydrogen-bond donors (Lipinski definition) is 1. The van der Waals surface area contributed by atoms with Gasteiger partial charge in [-0.3, -0.25) is 4.90 Å². The van der Waals surface area contributed by atoms with Crippen LogP contribution in [0.2, 0.25) is 0 Å². The maximum Gasteiger partial charge on any atom is 0.208 e. The lowest BCUT2D eigenvalue weighted by molar-refractivity contribution is 0.409. The van der Waals surface area contributed by atoms with Crippen molar-refractivity contribution in [1.29, 1.82) is 0 Å². The Morgan fingerprint density at radius 3 is 2.24 bits per heavy atom. The van der Waals surface area contributed by atoms with E-state index in [1.807, 2.05) is 12.2 Å². The highest BCUT2D eigenvalue weighted by atomic mass is 16.5. The lowest BCUT2D eigenvalue weighted by atomic mass is 9.91. The quantitative estimate of drug-likeness (QED) is 0.131. The number of aromatic nitrogens is 2. The minimum Gasteiger partial charge on any atom is -0.453 e. The first-order valence-corrected chi connectivity index (χ1v) is 30.7. The first-order chi connectivity index (χ1) is 43.2. The molecule has 0 fully saturated rings. The van der Waals surface area contributed by atoms with Crippen molar-refractivity contribution in [2.45, 2.75) is 47.0 Å². The van der Waals surface area contributed by atoms with E-state index >= 15 is 0 Å². The number of allylic oxidation sites excluding steroid dienone is 17. The molecule has 0 spiro atoms. The van der Waals surface area contributed by atoms with Crippen molar-refractivity contribution in [2.24, 2.45) is 5.92 Å². The van der Waals surface area contributed by atoms with Gasteiger partial charge in [0.25, 0.3) is 0 Å². The average molecular weight is 1140 g/mol. The van der Waals surface area contributed by atoms with Crippen molar-refractivity contribution in [2.75, 3.05) is 9.80 Å². The van der Waals surface area contributed by atoms with Gasteiger partial charge in [0.05, 0.1) is 39.1 Å². The molecule has 0 amide bonds. The van der Waals surface area contributed by atoms with Gasteiger partial charge in [0.1, 0.15) is 11.3 Å². The van der Waals surface area contributed by atoms with E-state index in [9.17, 15) is 0 Å². The normalized spacial score (nSPS) is 16.8. The highest BCUT2D eigenvalue weighted by Crippen LogP contribution is 2.52. The highest BCUT2D eigenvalue weighted by Gasteiger charge is 2.32. The molecule has 13 aromatic rings. The van der Waals surface area contributed by atoms with Crippen LogP contribution in [-0.2, 0) is 0 Å². The van der Waals surface area contributed by atoms with Crippen LogP contribution in [-0.4, -0.2) is 9.38 Å². The van der Waals surface area contributed by atoms with Gasteiger partial charge in [-0.15, -0.1) is 0 Å². The summed E-state index contributed by atoms with van der Waals surface area (Å²) in [6.45, 7) is 17.4. The Morgan fingerprint density at radius 2 is 1.42 bits per heavy atom. The van der Waals surface area contributed by atoms with Crippen molar-refractivity contribution in [3.63, 3.8) is 0 Å². The fourth-order valence-corrected chi connectivity index (χ4v) is 14.1. The lowest BCUT2D eigenvalue weighted by Crippen LogP contribution is -2.24. The zero-order chi connectivity index (χ0) is 59.3. The molecule has 0 bridgehead atoms. The van der Waals surface area contributed by atoms with Crippen LogP contribution in [0.1, 0.15) is 62.3 Å². The molecule has 3 aliphatic rings. The van der Waals surface area contributed by atoms with Crippen molar-refractivity contribution in [3.8, 4) is 16.9 Å². The molecule has 2 aliphatic carbocycles. The van der Waals surface area contributed by atoms with E-state index in [-0.39, 0.29) is 0 Å². The Kier molecular flexibility index (Phi) is 12.6. The van der Waals surface area contributed by atoms with Crippen LogP contribution >= 0.6 is 0 Å². The third-order valence-electron chi connectivity index (χ3n) is 18.4. The molecular formula is C82H64N4O2. The summed E-state index contributed by atoms with van der Waals surface area (Å²) in [6.07, 6.45) is 28.8. The molecular weight excluding hydrogens is 1070 g/mol. The molecule has 1 aliphatic heterocycles. The summed E-state index contributed by atoms with van der Waals surface area (Å²) in [5.74, 6) is 1.96. The third kappa shape index (κ3) is 8.31. The number of H-pyrrole nitrogens is 1. The van der Waals surface area contributed by atoms with Crippen LogP contribution in [0.15, 0.2) is 277 Å². The van der Waals surface area contributed by atoms with Gasteiger partial charge >= 0.3 is 0 Å². The first kappa shape index (κ1) is 52.7. The number of hydrogen-bond acceptors (Lipinski definition) is 4. The molecule has 6 nitrogen and oxygen atoms in total. The van der Waals surface area contributed by atoms with Crippen LogP contribution in [0.4, 0.5) is 22.7 Å². The number of anilines is 4. The summed E-state index contributed by atoms with van der Waals surface area (Å²) in [7, 11) is 0. The number of aryl methyl sites for hydroxylation is 1. The largest absolute Gasteiger partial charge is 0.453 e. The number of ether oxygens (including phenoxy) is 1. The summed E-state index contributed by atoms with van der Waals surface area (Å²) in [6, 6.07) is 61.8. The second-order valence-electron chi connectivity index (χ2n) is 23.9. The third-order valence-corrected chi connectivity index (χ3v) is 18.4. The van der Waals surface area contributed by atoms with Crippen LogP contribution in [0, 0.1) is 12.8 Å². The van der Waals surface area contributed by atoms with E-state index in [1.165, 1.54) is 32.8 Å². The number of rotatable bonds is 11. The number of nitrogens with zero attached hydrogens (tertiary/aromatic N) is 3.